The molecule has 0 atom stereocenters. The van der Waals surface area contributed by atoms with Gasteiger partial charge < -0.3 is 4.74 Å². The van der Waals surface area contributed by atoms with E-state index in [0.29, 0.717) is 11.1 Å². The van der Waals surface area contributed by atoms with Crippen LogP contribution in [-0.4, -0.2) is 32.8 Å². The van der Waals surface area contributed by atoms with Gasteiger partial charge in [0, 0.05) is 17.7 Å². The van der Waals surface area contributed by atoms with Crippen LogP contribution in [-0.2, 0) is 21.4 Å². The van der Waals surface area contributed by atoms with E-state index in [9.17, 15) is 13.2 Å². The zero-order chi connectivity index (χ0) is 17.0. The van der Waals surface area contributed by atoms with Crippen LogP contribution in [0.2, 0.25) is 0 Å². The van der Waals surface area contributed by atoms with Crippen molar-refractivity contribution in [3.8, 4) is 0 Å². The molecule has 0 unspecified atom stereocenters. The summed E-state index contributed by atoms with van der Waals surface area (Å²) in [5.41, 5.74) is 1.11. The van der Waals surface area contributed by atoms with Crippen molar-refractivity contribution in [1.82, 2.24) is 4.31 Å². The molecule has 23 heavy (non-hydrogen) atoms. The highest BCUT2D eigenvalue weighted by molar-refractivity contribution is 14.1. The van der Waals surface area contributed by atoms with Gasteiger partial charge in [0.15, 0.2) is 0 Å². The monoisotopic (exact) mass is 445 g/mol. The number of carbonyl (C=O) groups is 1. The normalized spacial score (nSPS) is 11.5. The molecule has 0 saturated carbocycles. The summed E-state index contributed by atoms with van der Waals surface area (Å²) in [6, 6.07) is 13.5. The van der Waals surface area contributed by atoms with E-state index in [1.54, 1.807) is 24.3 Å². The highest BCUT2D eigenvalue weighted by Crippen LogP contribution is 2.17. The smallest absolute Gasteiger partial charge is 0.339 e. The van der Waals surface area contributed by atoms with Gasteiger partial charge in [0.05, 0.1) is 10.5 Å². The molecule has 7 heteroatoms. The summed E-state index contributed by atoms with van der Waals surface area (Å²) in [5, 5.41) is 0. The molecule has 2 aromatic rings. The van der Waals surface area contributed by atoms with E-state index in [0.717, 1.165) is 7.88 Å². The number of halogens is 1. The molecule has 0 spiro atoms. The van der Waals surface area contributed by atoms with E-state index in [1.807, 2.05) is 12.1 Å². The molecule has 0 aliphatic carbocycles. The van der Waals surface area contributed by atoms with Crippen LogP contribution < -0.4 is 0 Å². The standard InChI is InChI=1S/C16H16INO4S/c1-18(2)23(20,21)13-7-5-6-12(10-13)11-22-16(19)14-8-3-4-9-15(14)17/h3-10H,11H2,1-2H3. The zero-order valence-electron chi connectivity index (χ0n) is 12.7. The molecule has 0 aliphatic heterocycles. The Bertz CT molecular complexity index is 818. The Balaban J connectivity index is 2.13. The Morgan fingerprint density at radius 2 is 1.83 bits per heavy atom. The molecule has 0 bridgehead atoms. The van der Waals surface area contributed by atoms with Crippen molar-refractivity contribution in [1.29, 1.82) is 0 Å². The van der Waals surface area contributed by atoms with Crippen LogP contribution in [0.5, 0.6) is 0 Å². The highest BCUT2D eigenvalue weighted by atomic mass is 127. The molecule has 0 radical (unpaired) electrons. The summed E-state index contributed by atoms with van der Waals surface area (Å²) >= 11 is 2.07. The topological polar surface area (TPSA) is 63.7 Å². The molecule has 0 N–H and O–H groups in total. The Labute approximate surface area is 149 Å². The van der Waals surface area contributed by atoms with Crippen LogP contribution in [0.3, 0.4) is 0 Å². The van der Waals surface area contributed by atoms with Crippen molar-refractivity contribution in [3.63, 3.8) is 0 Å². The third kappa shape index (κ3) is 4.30. The molecule has 2 rings (SSSR count). The maximum absolute atomic E-state index is 12.1. The molecule has 0 heterocycles. The molecular weight excluding hydrogens is 429 g/mol. The number of sulfonamides is 1. The Morgan fingerprint density at radius 3 is 2.48 bits per heavy atom. The van der Waals surface area contributed by atoms with Gasteiger partial charge in [0.25, 0.3) is 0 Å². The number of rotatable bonds is 5. The van der Waals surface area contributed by atoms with Crippen molar-refractivity contribution in [2.45, 2.75) is 11.5 Å². The summed E-state index contributed by atoms with van der Waals surface area (Å²) in [7, 11) is -0.562. The Morgan fingerprint density at radius 1 is 1.13 bits per heavy atom. The summed E-state index contributed by atoms with van der Waals surface area (Å²) in [6.07, 6.45) is 0. The van der Waals surface area contributed by atoms with Crippen LogP contribution >= 0.6 is 22.6 Å². The van der Waals surface area contributed by atoms with Crippen LogP contribution in [0.15, 0.2) is 53.4 Å². The van der Waals surface area contributed by atoms with Gasteiger partial charge in [-0.15, -0.1) is 0 Å². The van der Waals surface area contributed by atoms with Gasteiger partial charge in [0.2, 0.25) is 10.0 Å². The zero-order valence-corrected chi connectivity index (χ0v) is 15.7. The number of esters is 1. The summed E-state index contributed by atoms with van der Waals surface area (Å²) < 4.78 is 31.4. The second-order valence-corrected chi connectivity index (χ2v) is 8.30. The molecule has 0 aromatic heterocycles. The minimum atomic E-state index is -3.51. The van der Waals surface area contributed by atoms with Crippen molar-refractivity contribution in [3.05, 3.63) is 63.2 Å². The van der Waals surface area contributed by atoms with Crippen LogP contribution in [0, 0.1) is 3.57 Å². The number of benzene rings is 2. The molecule has 122 valence electrons. The van der Waals surface area contributed by atoms with Gasteiger partial charge in [-0.2, -0.15) is 0 Å². The maximum atomic E-state index is 12.1. The molecule has 2 aromatic carbocycles. The molecule has 5 nitrogen and oxygen atoms in total. The van der Waals surface area contributed by atoms with E-state index in [4.69, 9.17) is 4.74 Å². The minimum Gasteiger partial charge on any atom is -0.457 e. The number of carbonyl (C=O) groups excluding carboxylic acids is 1. The Kier molecular flexibility index (Phi) is 5.77. The van der Waals surface area contributed by atoms with E-state index in [-0.39, 0.29) is 11.5 Å². The van der Waals surface area contributed by atoms with Gasteiger partial charge >= 0.3 is 5.97 Å². The largest absolute Gasteiger partial charge is 0.457 e. The SMILES string of the molecule is CN(C)S(=O)(=O)c1cccc(COC(=O)c2ccccc2I)c1. The van der Waals surface area contributed by atoms with Gasteiger partial charge in [-0.1, -0.05) is 24.3 Å². The fourth-order valence-electron chi connectivity index (χ4n) is 1.86. The maximum Gasteiger partial charge on any atom is 0.339 e. The predicted molar refractivity (Wildman–Crippen MR) is 95.6 cm³/mol. The fourth-order valence-corrected chi connectivity index (χ4v) is 3.44. The lowest BCUT2D eigenvalue weighted by Gasteiger charge is -2.12. The molecule has 0 aliphatic rings. The lowest BCUT2D eigenvalue weighted by atomic mass is 10.2. The van der Waals surface area contributed by atoms with E-state index in [1.165, 1.54) is 26.2 Å². The second-order valence-electron chi connectivity index (χ2n) is 4.99. The first-order valence-electron chi connectivity index (χ1n) is 6.75. The predicted octanol–water partition coefficient (Wildman–Crippen LogP) is 2.90. The third-order valence-electron chi connectivity index (χ3n) is 3.14. The van der Waals surface area contributed by atoms with Gasteiger partial charge in [0.1, 0.15) is 6.61 Å². The van der Waals surface area contributed by atoms with E-state index in [2.05, 4.69) is 22.6 Å². The number of ether oxygens (including phenoxy) is 1. The van der Waals surface area contributed by atoms with Crippen LogP contribution in [0.25, 0.3) is 0 Å². The van der Waals surface area contributed by atoms with E-state index < -0.39 is 16.0 Å². The first kappa shape index (κ1) is 17.9. The minimum absolute atomic E-state index is 0.0145. The molecule has 0 fully saturated rings. The number of hydrogen-bond donors (Lipinski definition) is 0. The fraction of sp³-hybridized carbons (Fsp3) is 0.188. The Hall–Kier alpha value is -1.45. The molecule has 0 amide bonds. The summed E-state index contributed by atoms with van der Waals surface area (Å²) in [4.78, 5) is 12.2. The highest BCUT2D eigenvalue weighted by Gasteiger charge is 2.17. The average Bonchev–Trinajstić information content (AvgIpc) is 2.53. The first-order valence-corrected chi connectivity index (χ1v) is 9.27. The van der Waals surface area contributed by atoms with Gasteiger partial charge in [-0.3, -0.25) is 0 Å². The van der Waals surface area contributed by atoms with Crippen molar-refractivity contribution >= 4 is 38.6 Å². The van der Waals surface area contributed by atoms with Gasteiger partial charge in [-0.05, 0) is 52.4 Å². The lowest BCUT2D eigenvalue weighted by Crippen LogP contribution is -2.22. The average molecular weight is 445 g/mol. The first-order chi connectivity index (χ1) is 10.8. The molecule has 0 saturated heterocycles. The molecular formula is C16H16INO4S. The van der Waals surface area contributed by atoms with Crippen LogP contribution in [0.1, 0.15) is 15.9 Å². The van der Waals surface area contributed by atoms with Crippen LogP contribution in [0.4, 0.5) is 0 Å². The third-order valence-corrected chi connectivity index (χ3v) is 5.89. The quantitative estimate of drug-likeness (QED) is 0.525. The van der Waals surface area contributed by atoms with Crippen molar-refractivity contribution < 1.29 is 17.9 Å². The van der Waals surface area contributed by atoms with E-state index >= 15 is 0 Å². The van der Waals surface area contributed by atoms with Gasteiger partial charge in [-0.25, -0.2) is 17.5 Å². The van der Waals surface area contributed by atoms with Crippen molar-refractivity contribution in [2.75, 3.05) is 14.1 Å². The second kappa shape index (κ2) is 7.41. The summed E-state index contributed by atoms with van der Waals surface area (Å²) in [5.74, 6) is -0.434. The number of hydrogen-bond acceptors (Lipinski definition) is 4. The summed E-state index contributed by atoms with van der Waals surface area (Å²) in [6.45, 7) is 0.0145. The van der Waals surface area contributed by atoms with Crippen molar-refractivity contribution in [2.24, 2.45) is 0 Å². The number of nitrogens with zero attached hydrogens (tertiary/aromatic N) is 1. The lowest BCUT2D eigenvalue weighted by molar-refractivity contribution is 0.0471.